The quantitative estimate of drug-likeness (QED) is 0.706. The zero-order valence-corrected chi connectivity index (χ0v) is 15.3. The van der Waals surface area contributed by atoms with Crippen molar-refractivity contribution >= 4 is 5.97 Å². The van der Waals surface area contributed by atoms with Crippen LogP contribution in [0.1, 0.15) is 22.8 Å². The van der Waals surface area contributed by atoms with Gasteiger partial charge in [0.2, 0.25) is 0 Å². The van der Waals surface area contributed by atoms with Crippen LogP contribution in [-0.4, -0.2) is 17.7 Å². The molecule has 142 valence electrons. The maximum absolute atomic E-state index is 11.2. The zero-order valence-electron chi connectivity index (χ0n) is 15.3. The van der Waals surface area contributed by atoms with Gasteiger partial charge in [-0.2, -0.15) is 0 Å². The van der Waals surface area contributed by atoms with Crippen molar-refractivity contribution in [3.63, 3.8) is 0 Å². The third-order valence-corrected chi connectivity index (χ3v) is 4.81. The first-order valence-electron chi connectivity index (χ1n) is 9.16. The number of fused-ring (bicyclic) bond motifs is 1. The molecule has 3 aromatic carbocycles. The highest BCUT2D eigenvalue weighted by Crippen LogP contribution is 2.40. The van der Waals surface area contributed by atoms with Crippen LogP contribution in [-0.2, 0) is 17.8 Å². The summed E-state index contributed by atoms with van der Waals surface area (Å²) >= 11 is 0. The third-order valence-electron chi connectivity index (χ3n) is 4.81. The van der Waals surface area contributed by atoms with Crippen LogP contribution in [0.25, 0.3) is 11.1 Å². The van der Waals surface area contributed by atoms with Gasteiger partial charge < -0.3 is 20.3 Å². The number of aliphatic carboxylic acids is 1. The van der Waals surface area contributed by atoms with Crippen LogP contribution in [0.15, 0.2) is 66.7 Å². The Bertz CT molecular complexity index is 1010. The fourth-order valence-electron chi connectivity index (χ4n) is 3.41. The summed E-state index contributed by atoms with van der Waals surface area (Å²) in [5, 5.41) is 9.15. The number of hydrogen-bond acceptors (Lipinski definition) is 4. The molecule has 0 aliphatic carbocycles. The predicted molar refractivity (Wildman–Crippen MR) is 106 cm³/mol. The van der Waals surface area contributed by atoms with E-state index in [-0.39, 0.29) is 12.5 Å². The van der Waals surface area contributed by atoms with E-state index >= 15 is 0 Å². The van der Waals surface area contributed by atoms with Gasteiger partial charge in [-0.3, -0.25) is 4.79 Å². The van der Waals surface area contributed by atoms with Gasteiger partial charge in [-0.25, -0.2) is 0 Å². The minimum absolute atomic E-state index is 0.106. The van der Waals surface area contributed by atoms with E-state index in [4.69, 9.17) is 20.3 Å². The van der Waals surface area contributed by atoms with E-state index in [9.17, 15) is 4.79 Å². The van der Waals surface area contributed by atoms with Crippen molar-refractivity contribution in [1.82, 2.24) is 0 Å². The molecule has 0 bridgehead atoms. The average molecular weight is 375 g/mol. The Labute approximate surface area is 163 Å². The molecule has 0 fully saturated rings. The molecule has 3 N–H and O–H groups in total. The Kier molecular flexibility index (Phi) is 5.00. The van der Waals surface area contributed by atoms with Gasteiger partial charge >= 0.3 is 5.97 Å². The highest BCUT2D eigenvalue weighted by molar-refractivity contribution is 5.72. The lowest BCUT2D eigenvalue weighted by atomic mass is 9.99. The van der Waals surface area contributed by atoms with E-state index in [0.717, 1.165) is 22.3 Å². The van der Waals surface area contributed by atoms with Crippen molar-refractivity contribution < 1.29 is 19.4 Å². The Morgan fingerprint density at radius 2 is 1.79 bits per heavy atom. The molecule has 1 aliphatic rings. The number of para-hydroxylation sites is 1. The molecular formula is C23H21NO4. The molecule has 1 atom stereocenters. The third kappa shape index (κ3) is 3.70. The summed E-state index contributed by atoms with van der Waals surface area (Å²) in [5.74, 6) is 0.194. The first-order chi connectivity index (χ1) is 13.6. The second-order valence-corrected chi connectivity index (χ2v) is 6.76. The van der Waals surface area contributed by atoms with Crippen LogP contribution >= 0.6 is 0 Å². The summed E-state index contributed by atoms with van der Waals surface area (Å²) in [6.07, 6.45) is -0.411. The fourth-order valence-corrected chi connectivity index (χ4v) is 3.41. The van der Waals surface area contributed by atoms with Gasteiger partial charge in [0.05, 0.1) is 6.42 Å². The maximum Gasteiger partial charge on any atom is 0.307 e. The van der Waals surface area contributed by atoms with Gasteiger partial charge in [-0.05, 0) is 40.5 Å². The van der Waals surface area contributed by atoms with Gasteiger partial charge in [0, 0.05) is 12.1 Å². The largest absolute Gasteiger partial charge is 0.485 e. The Morgan fingerprint density at radius 3 is 2.57 bits per heavy atom. The van der Waals surface area contributed by atoms with E-state index in [2.05, 4.69) is 18.2 Å². The summed E-state index contributed by atoms with van der Waals surface area (Å²) in [6, 6.07) is 21.6. The van der Waals surface area contributed by atoms with E-state index in [1.54, 1.807) is 18.2 Å². The van der Waals surface area contributed by atoms with Crippen LogP contribution in [0, 0.1) is 0 Å². The standard InChI is InChI=1S/C23H21NO4/c24-13-15-4-1-5-16(10-15)17-6-2-7-18(11-17)21-14-27-20-9-3-8-19(12-22(25)26)23(20)28-21/h1-11,21H,12-14,24H2,(H,25,26)/t21-/m0/s1. The summed E-state index contributed by atoms with van der Waals surface area (Å²) in [5.41, 5.74) is 10.6. The van der Waals surface area contributed by atoms with Crippen LogP contribution < -0.4 is 15.2 Å². The van der Waals surface area contributed by atoms with E-state index < -0.39 is 5.97 Å². The van der Waals surface area contributed by atoms with E-state index in [1.165, 1.54) is 0 Å². The van der Waals surface area contributed by atoms with E-state index in [0.29, 0.717) is 30.2 Å². The Hall–Kier alpha value is -3.31. The normalized spacial score (nSPS) is 15.2. The van der Waals surface area contributed by atoms with Crippen molar-refractivity contribution in [1.29, 1.82) is 0 Å². The van der Waals surface area contributed by atoms with Gasteiger partial charge in [0.25, 0.3) is 0 Å². The highest BCUT2D eigenvalue weighted by Gasteiger charge is 2.25. The van der Waals surface area contributed by atoms with Crippen LogP contribution in [0.4, 0.5) is 0 Å². The van der Waals surface area contributed by atoms with Crippen molar-refractivity contribution in [2.24, 2.45) is 5.73 Å². The highest BCUT2D eigenvalue weighted by atomic mass is 16.6. The number of hydrogen-bond donors (Lipinski definition) is 2. The number of carboxylic acid groups (broad SMARTS) is 1. The van der Waals surface area contributed by atoms with Crippen molar-refractivity contribution in [3.8, 4) is 22.6 Å². The maximum atomic E-state index is 11.2. The summed E-state index contributed by atoms with van der Waals surface area (Å²) in [4.78, 5) is 11.2. The Morgan fingerprint density at radius 1 is 1.04 bits per heavy atom. The monoisotopic (exact) mass is 375 g/mol. The lowest BCUT2D eigenvalue weighted by Crippen LogP contribution is -2.22. The SMILES string of the molecule is NCc1cccc(-c2cccc([C@@H]3COc4cccc(CC(=O)O)c4O3)c2)c1. The molecule has 0 unspecified atom stereocenters. The zero-order chi connectivity index (χ0) is 19.5. The molecule has 5 nitrogen and oxygen atoms in total. The minimum atomic E-state index is -0.902. The molecule has 4 rings (SSSR count). The smallest absolute Gasteiger partial charge is 0.307 e. The first-order valence-corrected chi connectivity index (χ1v) is 9.16. The predicted octanol–water partition coefficient (Wildman–Crippen LogP) is 3.95. The topological polar surface area (TPSA) is 81.8 Å². The molecular weight excluding hydrogens is 354 g/mol. The molecule has 1 heterocycles. The second-order valence-electron chi connectivity index (χ2n) is 6.76. The first kappa shape index (κ1) is 18.1. The molecule has 28 heavy (non-hydrogen) atoms. The van der Waals surface area contributed by atoms with Crippen LogP contribution in [0.3, 0.4) is 0 Å². The van der Waals surface area contributed by atoms with Crippen LogP contribution in [0.5, 0.6) is 11.5 Å². The summed E-state index contributed by atoms with van der Waals surface area (Å²) in [7, 11) is 0. The molecule has 0 saturated carbocycles. The number of carboxylic acids is 1. The number of nitrogens with two attached hydrogens (primary N) is 1. The van der Waals surface area contributed by atoms with Gasteiger partial charge in [-0.15, -0.1) is 0 Å². The molecule has 1 aliphatic heterocycles. The molecule has 0 radical (unpaired) electrons. The molecule has 3 aromatic rings. The molecule has 0 spiro atoms. The molecule has 0 amide bonds. The molecule has 0 aromatic heterocycles. The lowest BCUT2D eigenvalue weighted by Gasteiger charge is -2.28. The van der Waals surface area contributed by atoms with Crippen molar-refractivity contribution in [2.75, 3.05) is 6.61 Å². The number of rotatable bonds is 5. The summed E-state index contributed by atoms with van der Waals surface area (Å²) < 4.78 is 12.0. The summed E-state index contributed by atoms with van der Waals surface area (Å²) in [6.45, 7) is 0.867. The Balaban J connectivity index is 1.64. The molecule has 5 heteroatoms. The van der Waals surface area contributed by atoms with Gasteiger partial charge in [0.15, 0.2) is 17.6 Å². The van der Waals surface area contributed by atoms with E-state index in [1.807, 2.05) is 30.3 Å². The molecule has 0 saturated heterocycles. The van der Waals surface area contributed by atoms with Gasteiger partial charge in [-0.1, -0.05) is 48.5 Å². The number of benzene rings is 3. The minimum Gasteiger partial charge on any atom is -0.485 e. The van der Waals surface area contributed by atoms with Crippen LogP contribution in [0.2, 0.25) is 0 Å². The second kappa shape index (κ2) is 7.74. The number of ether oxygens (including phenoxy) is 2. The van der Waals surface area contributed by atoms with Crippen molar-refractivity contribution in [3.05, 3.63) is 83.4 Å². The fraction of sp³-hybridized carbons (Fsp3) is 0.174. The number of carbonyl (C=O) groups is 1. The lowest BCUT2D eigenvalue weighted by molar-refractivity contribution is -0.136. The van der Waals surface area contributed by atoms with Crippen molar-refractivity contribution in [2.45, 2.75) is 19.1 Å². The van der Waals surface area contributed by atoms with Gasteiger partial charge in [0.1, 0.15) is 6.61 Å². The average Bonchev–Trinajstić information content (AvgIpc) is 2.73.